The van der Waals surface area contributed by atoms with Crippen molar-refractivity contribution < 1.29 is 0 Å². The normalized spacial score (nSPS) is 10.8. The lowest BCUT2D eigenvalue weighted by atomic mass is 10.00. The first kappa shape index (κ1) is 15.1. The molecule has 0 aliphatic rings. The van der Waals surface area contributed by atoms with Gasteiger partial charge in [0.25, 0.3) is 0 Å². The highest BCUT2D eigenvalue weighted by molar-refractivity contribution is 6.00. The third-order valence-electron chi connectivity index (χ3n) is 3.94. The van der Waals surface area contributed by atoms with Crippen molar-refractivity contribution in [3.05, 3.63) is 58.9 Å². The van der Waals surface area contributed by atoms with E-state index < -0.39 is 0 Å². The van der Waals surface area contributed by atoms with Crippen LogP contribution >= 0.6 is 12.4 Å². The Hall–Kier alpha value is -2.79. The number of anilines is 1. The Labute approximate surface area is 138 Å². The summed E-state index contributed by atoms with van der Waals surface area (Å²) in [5.41, 5.74) is 10.4. The molecule has 0 spiro atoms. The SMILES string of the molecule is Cl.Cn1ncc2[nH]c3cccc(-c4ccc(N)cc4)c3c(=O)c21. The van der Waals surface area contributed by atoms with E-state index in [0.717, 1.165) is 22.2 Å². The fourth-order valence-electron chi connectivity index (χ4n) is 2.87. The summed E-state index contributed by atoms with van der Waals surface area (Å²) in [6.45, 7) is 0. The lowest BCUT2D eigenvalue weighted by molar-refractivity contribution is 0.795. The van der Waals surface area contributed by atoms with Gasteiger partial charge in [0, 0.05) is 12.7 Å². The fourth-order valence-corrected chi connectivity index (χ4v) is 2.87. The summed E-state index contributed by atoms with van der Waals surface area (Å²) < 4.78 is 1.60. The minimum Gasteiger partial charge on any atom is -0.399 e. The number of H-pyrrole nitrogens is 1. The van der Waals surface area contributed by atoms with Crippen LogP contribution in [0.3, 0.4) is 0 Å². The Kier molecular flexibility index (Phi) is 3.58. The Balaban J connectivity index is 0.00000156. The number of aromatic amines is 1. The number of nitrogens with zero attached hydrogens (tertiary/aromatic N) is 2. The fraction of sp³-hybridized carbons (Fsp3) is 0.0588. The largest absolute Gasteiger partial charge is 0.399 e. The maximum Gasteiger partial charge on any atom is 0.215 e. The van der Waals surface area contributed by atoms with Gasteiger partial charge in [0.2, 0.25) is 5.43 Å². The van der Waals surface area contributed by atoms with Gasteiger partial charge < -0.3 is 10.7 Å². The second-order valence-electron chi connectivity index (χ2n) is 5.33. The highest BCUT2D eigenvalue weighted by Gasteiger charge is 2.13. The number of pyridine rings is 1. The van der Waals surface area contributed by atoms with Gasteiger partial charge in [-0.15, -0.1) is 12.4 Å². The van der Waals surface area contributed by atoms with E-state index in [1.807, 2.05) is 42.5 Å². The van der Waals surface area contributed by atoms with Crippen molar-refractivity contribution in [2.75, 3.05) is 5.73 Å². The van der Waals surface area contributed by atoms with Gasteiger partial charge in [-0.3, -0.25) is 9.48 Å². The molecule has 0 fully saturated rings. The van der Waals surface area contributed by atoms with Crippen molar-refractivity contribution >= 4 is 40.0 Å². The molecular formula is C17H15ClN4O. The second-order valence-corrected chi connectivity index (χ2v) is 5.33. The molecule has 2 aromatic carbocycles. The minimum absolute atomic E-state index is 0. The first-order chi connectivity index (χ1) is 10.6. The summed E-state index contributed by atoms with van der Waals surface area (Å²) in [5.74, 6) is 0. The second kappa shape index (κ2) is 5.44. The van der Waals surface area contributed by atoms with Gasteiger partial charge in [-0.1, -0.05) is 24.3 Å². The molecule has 4 rings (SSSR count). The molecule has 3 N–H and O–H groups in total. The van der Waals surface area contributed by atoms with Crippen LogP contribution in [0.4, 0.5) is 5.69 Å². The summed E-state index contributed by atoms with van der Waals surface area (Å²) in [6, 6.07) is 13.3. The van der Waals surface area contributed by atoms with Crippen molar-refractivity contribution in [3.63, 3.8) is 0 Å². The molecule has 2 heterocycles. The number of fused-ring (bicyclic) bond motifs is 2. The zero-order chi connectivity index (χ0) is 15.3. The molecular weight excluding hydrogens is 312 g/mol. The van der Waals surface area contributed by atoms with Crippen molar-refractivity contribution in [1.29, 1.82) is 0 Å². The highest BCUT2D eigenvalue weighted by Crippen LogP contribution is 2.27. The molecule has 23 heavy (non-hydrogen) atoms. The molecule has 0 atom stereocenters. The van der Waals surface area contributed by atoms with E-state index >= 15 is 0 Å². The predicted octanol–water partition coefficient (Wildman–Crippen LogP) is 3.09. The molecule has 5 nitrogen and oxygen atoms in total. The van der Waals surface area contributed by atoms with Crippen LogP contribution in [0, 0.1) is 0 Å². The van der Waals surface area contributed by atoms with E-state index in [9.17, 15) is 4.79 Å². The Morgan fingerprint density at radius 1 is 1.09 bits per heavy atom. The standard InChI is InChI=1S/C17H14N4O.ClH/c1-21-16-14(9-19-21)20-13-4-2-3-12(15(13)17(16)22)10-5-7-11(18)8-6-10;/h2-9H,18H2,1H3,(H,20,22);1H. The minimum atomic E-state index is -0.0174. The molecule has 6 heteroatoms. The average Bonchev–Trinajstić information content (AvgIpc) is 2.89. The molecule has 4 aromatic rings. The van der Waals surface area contributed by atoms with Gasteiger partial charge in [0.1, 0.15) is 5.52 Å². The molecule has 2 aromatic heterocycles. The third kappa shape index (κ3) is 2.26. The number of aryl methyl sites for hydroxylation is 1. The average molecular weight is 327 g/mol. The summed E-state index contributed by atoms with van der Waals surface area (Å²) >= 11 is 0. The number of nitrogen functional groups attached to an aromatic ring is 1. The number of nitrogens with two attached hydrogens (primary N) is 1. The first-order valence-electron chi connectivity index (χ1n) is 6.98. The molecule has 0 unspecified atom stereocenters. The van der Waals surface area contributed by atoms with Gasteiger partial charge >= 0.3 is 0 Å². The molecule has 0 bridgehead atoms. The summed E-state index contributed by atoms with van der Waals surface area (Å²) in [6.07, 6.45) is 1.67. The number of halogens is 1. The lowest BCUT2D eigenvalue weighted by Crippen LogP contribution is -2.09. The summed E-state index contributed by atoms with van der Waals surface area (Å²) in [4.78, 5) is 16.2. The van der Waals surface area contributed by atoms with Crippen LogP contribution < -0.4 is 11.2 Å². The van der Waals surface area contributed by atoms with Crippen molar-refractivity contribution in [3.8, 4) is 11.1 Å². The van der Waals surface area contributed by atoms with Crippen molar-refractivity contribution in [1.82, 2.24) is 14.8 Å². The van der Waals surface area contributed by atoms with Gasteiger partial charge in [-0.2, -0.15) is 5.10 Å². The van der Waals surface area contributed by atoms with Crippen LogP contribution in [0.15, 0.2) is 53.5 Å². The number of aromatic nitrogens is 3. The van der Waals surface area contributed by atoms with Crippen LogP contribution in [0.25, 0.3) is 33.1 Å². The van der Waals surface area contributed by atoms with Gasteiger partial charge in [0.15, 0.2) is 0 Å². The van der Waals surface area contributed by atoms with Crippen LogP contribution in [0.1, 0.15) is 0 Å². The topological polar surface area (TPSA) is 76.7 Å². The monoisotopic (exact) mass is 326 g/mol. The number of nitrogens with one attached hydrogen (secondary N) is 1. The van der Waals surface area contributed by atoms with E-state index in [0.29, 0.717) is 16.6 Å². The lowest BCUT2D eigenvalue weighted by Gasteiger charge is -2.07. The van der Waals surface area contributed by atoms with E-state index in [1.54, 1.807) is 17.9 Å². The predicted molar refractivity (Wildman–Crippen MR) is 95.9 cm³/mol. The Bertz CT molecular complexity index is 1060. The van der Waals surface area contributed by atoms with Crippen LogP contribution in [-0.4, -0.2) is 14.8 Å². The number of benzene rings is 2. The maximum atomic E-state index is 12.9. The summed E-state index contributed by atoms with van der Waals surface area (Å²) in [5, 5.41) is 4.83. The van der Waals surface area contributed by atoms with Crippen LogP contribution in [0.2, 0.25) is 0 Å². The van der Waals surface area contributed by atoms with E-state index in [-0.39, 0.29) is 17.8 Å². The molecule has 0 saturated heterocycles. The first-order valence-corrected chi connectivity index (χ1v) is 6.98. The summed E-state index contributed by atoms with van der Waals surface area (Å²) in [7, 11) is 1.77. The van der Waals surface area contributed by atoms with Crippen LogP contribution in [-0.2, 0) is 7.05 Å². The molecule has 0 aliphatic carbocycles. The Morgan fingerprint density at radius 3 is 2.57 bits per heavy atom. The van der Waals surface area contributed by atoms with E-state index in [1.165, 1.54) is 0 Å². The zero-order valence-corrected chi connectivity index (χ0v) is 13.2. The van der Waals surface area contributed by atoms with Crippen molar-refractivity contribution in [2.45, 2.75) is 0 Å². The van der Waals surface area contributed by atoms with Crippen molar-refractivity contribution in [2.24, 2.45) is 7.05 Å². The Morgan fingerprint density at radius 2 is 1.83 bits per heavy atom. The molecule has 116 valence electrons. The van der Waals surface area contributed by atoms with Gasteiger partial charge in [-0.25, -0.2) is 0 Å². The molecule has 0 aliphatic heterocycles. The zero-order valence-electron chi connectivity index (χ0n) is 12.4. The third-order valence-corrected chi connectivity index (χ3v) is 3.94. The molecule has 0 radical (unpaired) electrons. The number of hydrogen-bond acceptors (Lipinski definition) is 3. The van der Waals surface area contributed by atoms with E-state index in [2.05, 4.69) is 10.1 Å². The van der Waals surface area contributed by atoms with Gasteiger partial charge in [0.05, 0.1) is 22.6 Å². The van der Waals surface area contributed by atoms with Gasteiger partial charge in [-0.05, 0) is 29.3 Å². The smallest absolute Gasteiger partial charge is 0.215 e. The quantitative estimate of drug-likeness (QED) is 0.528. The maximum absolute atomic E-state index is 12.9. The van der Waals surface area contributed by atoms with E-state index in [4.69, 9.17) is 5.73 Å². The molecule has 0 amide bonds. The molecule has 0 saturated carbocycles. The highest BCUT2D eigenvalue weighted by atomic mass is 35.5. The number of rotatable bonds is 1. The number of hydrogen-bond donors (Lipinski definition) is 2. The van der Waals surface area contributed by atoms with Crippen LogP contribution in [0.5, 0.6) is 0 Å².